The quantitative estimate of drug-likeness (QED) is 0.186. The Bertz CT molecular complexity index is 1710. The molecular formula is C34H37N5O4. The molecule has 222 valence electrons. The zero-order chi connectivity index (χ0) is 30.7. The second-order valence-electron chi connectivity index (χ2n) is 11.7. The van der Waals surface area contributed by atoms with Gasteiger partial charge in [-0.3, -0.25) is 9.59 Å². The number of aromatic nitrogens is 2. The van der Waals surface area contributed by atoms with Crippen molar-refractivity contribution in [3.8, 4) is 11.4 Å². The molecule has 0 saturated heterocycles. The van der Waals surface area contributed by atoms with Gasteiger partial charge in [0.05, 0.1) is 11.4 Å². The lowest BCUT2D eigenvalue weighted by Gasteiger charge is -2.25. The standard InChI is InChI=1S/C34H37N5O4/c1-34(2,33(43)36-24-16-12-21(13-17-24)14-19-29(40)41)38-32(42)23-15-18-25-27(20-23)39(3)31(26-10-7-11-28(35)37-26)30(25)22-8-5-4-6-9-22/h7,10-20,22H,4-6,8-9H2,1-3H3,(H2,35,37)(H,36,43)(H,38,42)(H,40,41)/b19-14+. The first-order valence-corrected chi connectivity index (χ1v) is 14.5. The summed E-state index contributed by atoms with van der Waals surface area (Å²) in [5, 5.41) is 15.6. The fraction of sp³-hybridized carbons (Fsp3) is 0.294. The zero-order valence-corrected chi connectivity index (χ0v) is 24.7. The van der Waals surface area contributed by atoms with Gasteiger partial charge >= 0.3 is 5.97 Å². The van der Waals surface area contributed by atoms with Gasteiger partial charge in [-0.25, -0.2) is 9.78 Å². The van der Waals surface area contributed by atoms with Crippen molar-refractivity contribution < 1.29 is 19.5 Å². The van der Waals surface area contributed by atoms with Crippen molar-refractivity contribution in [2.75, 3.05) is 11.1 Å². The molecule has 2 amide bonds. The number of nitrogen functional groups attached to an aromatic ring is 1. The third kappa shape index (κ3) is 6.45. The fourth-order valence-corrected chi connectivity index (χ4v) is 5.85. The molecular weight excluding hydrogens is 542 g/mol. The van der Waals surface area contributed by atoms with Crippen LogP contribution in [0.2, 0.25) is 0 Å². The normalized spacial score (nSPS) is 14.2. The van der Waals surface area contributed by atoms with Crippen molar-refractivity contribution in [1.29, 1.82) is 0 Å². The number of fused-ring (bicyclic) bond motifs is 1. The molecule has 0 atom stereocenters. The number of pyridine rings is 1. The molecule has 0 unspecified atom stereocenters. The second kappa shape index (κ2) is 12.1. The highest BCUT2D eigenvalue weighted by Crippen LogP contribution is 2.43. The minimum atomic E-state index is -1.22. The molecule has 0 bridgehead atoms. The van der Waals surface area contributed by atoms with Crippen LogP contribution in [0.4, 0.5) is 11.5 Å². The number of carboxylic acids is 1. The third-order valence-electron chi connectivity index (χ3n) is 8.11. The number of carbonyl (C=O) groups excluding carboxylic acids is 2. The molecule has 2 heterocycles. The van der Waals surface area contributed by atoms with Gasteiger partial charge in [-0.2, -0.15) is 0 Å². The fourth-order valence-electron chi connectivity index (χ4n) is 5.85. The van der Waals surface area contributed by atoms with E-state index in [0.29, 0.717) is 28.6 Å². The molecule has 5 N–H and O–H groups in total. The Morgan fingerprint density at radius 1 is 1.02 bits per heavy atom. The van der Waals surface area contributed by atoms with Crippen LogP contribution in [0.3, 0.4) is 0 Å². The summed E-state index contributed by atoms with van der Waals surface area (Å²) in [7, 11) is 2.00. The number of hydrogen-bond acceptors (Lipinski definition) is 5. The van der Waals surface area contributed by atoms with Gasteiger partial charge in [0, 0.05) is 35.3 Å². The molecule has 1 fully saturated rings. The molecule has 0 spiro atoms. The van der Waals surface area contributed by atoms with Gasteiger partial charge in [-0.1, -0.05) is 43.5 Å². The van der Waals surface area contributed by atoms with Crippen LogP contribution in [0.1, 0.15) is 73.4 Å². The Balaban J connectivity index is 1.40. The highest BCUT2D eigenvalue weighted by Gasteiger charge is 2.31. The maximum atomic E-state index is 13.5. The van der Waals surface area contributed by atoms with Crippen molar-refractivity contribution in [3.05, 3.63) is 83.4 Å². The number of anilines is 2. The van der Waals surface area contributed by atoms with Crippen LogP contribution in [0.15, 0.2) is 66.7 Å². The number of carboxylic acid groups (broad SMARTS) is 1. The molecule has 2 aromatic carbocycles. The van der Waals surface area contributed by atoms with E-state index in [-0.39, 0.29) is 11.8 Å². The van der Waals surface area contributed by atoms with Crippen molar-refractivity contribution in [2.45, 2.75) is 57.4 Å². The van der Waals surface area contributed by atoms with Crippen LogP contribution in [-0.2, 0) is 16.6 Å². The number of rotatable bonds is 8. The number of benzene rings is 2. The van der Waals surface area contributed by atoms with Gasteiger partial charge in [-0.05, 0) is 86.2 Å². The van der Waals surface area contributed by atoms with Crippen molar-refractivity contribution in [3.63, 3.8) is 0 Å². The van der Waals surface area contributed by atoms with Gasteiger partial charge in [0.25, 0.3) is 5.91 Å². The highest BCUT2D eigenvalue weighted by atomic mass is 16.4. The van der Waals surface area contributed by atoms with Crippen LogP contribution in [0.5, 0.6) is 0 Å². The first-order valence-electron chi connectivity index (χ1n) is 14.5. The number of nitrogens with two attached hydrogens (primary N) is 1. The lowest BCUT2D eigenvalue weighted by Crippen LogP contribution is -2.52. The minimum absolute atomic E-state index is 0.361. The summed E-state index contributed by atoms with van der Waals surface area (Å²) in [6.45, 7) is 3.30. The summed E-state index contributed by atoms with van der Waals surface area (Å²) in [4.78, 5) is 42.0. The van der Waals surface area contributed by atoms with Gasteiger partial charge in [0.15, 0.2) is 0 Å². The summed E-state index contributed by atoms with van der Waals surface area (Å²) in [6, 6.07) is 18.1. The van der Waals surface area contributed by atoms with E-state index in [2.05, 4.69) is 20.2 Å². The van der Waals surface area contributed by atoms with E-state index in [4.69, 9.17) is 10.8 Å². The largest absolute Gasteiger partial charge is 0.478 e. The van der Waals surface area contributed by atoms with E-state index < -0.39 is 11.5 Å². The van der Waals surface area contributed by atoms with E-state index in [9.17, 15) is 14.4 Å². The maximum Gasteiger partial charge on any atom is 0.328 e. The first kappa shape index (κ1) is 29.6. The molecule has 1 aliphatic carbocycles. The molecule has 9 heteroatoms. The molecule has 1 saturated carbocycles. The van der Waals surface area contributed by atoms with Gasteiger partial charge in [-0.15, -0.1) is 0 Å². The molecule has 0 aliphatic heterocycles. The Morgan fingerprint density at radius 2 is 1.74 bits per heavy atom. The topological polar surface area (TPSA) is 139 Å². The number of nitrogens with zero attached hydrogens (tertiary/aromatic N) is 2. The lowest BCUT2D eigenvalue weighted by atomic mass is 9.82. The average molecular weight is 580 g/mol. The van der Waals surface area contributed by atoms with E-state index in [1.54, 1.807) is 44.2 Å². The first-order chi connectivity index (χ1) is 20.5. The van der Waals surface area contributed by atoms with E-state index >= 15 is 0 Å². The summed E-state index contributed by atoms with van der Waals surface area (Å²) in [5.41, 5.74) is 10.5. The molecule has 4 aromatic rings. The van der Waals surface area contributed by atoms with Gasteiger partial charge in [0.2, 0.25) is 5.91 Å². The molecule has 43 heavy (non-hydrogen) atoms. The van der Waals surface area contributed by atoms with E-state index in [0.717, 1.165) is 41.2 Å². The molecule has 1 aliphatic rings. The average Bonchev–Trinajstić information content (AvgIpc) is 3.28. The van der Waals surface area contributed by atoms with Crippen molar-refractivity contribution in [1.82, 2.24) is 14.9 Å². The van der Waals surface area contributed by atoms with Crippen LogP contribution in [0.25, 0.3) is 28.4 Å². The Morgan fingerprint density at radius 3 is 2.42 bits per heavy atom. The van der Waals surface area contributed by atoms with Crippen LogP contribution in [-0.4, -0.2) is 38.0 Å². The summed E-state index contributed by atoms with van der Waals surface area (Å²) < 4.78 is 2.10. The van der Waals surface area contributed by atoms with Crippen LogP contribution >= 0.6 is 0 Å². The second-order valence-corrected chi connectivity index (χ2v) is 11.7. The number of hydrogen-bond donors (Lipinski definition) is 4. The monoisotopic (exact) mass is 579 g/mol. The van der Waals surface area contributed by atoms with Crippen LogP contribution in [0, 0.1) is 0 Å². The van der Waals surface area contributed by atoms with Crippen LogP contribution < -0.4 is 16.4 Å². The third-order valence-corrected chi connectivity index (χ3v) is 8.11. The Labute approximate surface area is 250 Å². The van der Waals surface area contributed by atoms with Gasteiger partial charge < -0.3 is 26.0 Å². The van der Waals surface area contributed by atoms with Gasteiger partial charge in [0.1, 0.15) is 11.4 Å². The smallest absolute Gasteiger partial charge is 0.328 e. The SMILES string of the molecule is Cn1c(-c2cccc(N)n2)c(C2CCCCC2)c2ccc(C(=O)NC(C)(C)C(=O)Nc3ccc(/C=C/C(=O)O)cc3)cc21. The number of aliphatic carboxylic acids is 1. The predicted octanol–water partition coefficient (Wildman–Crippen LogP) is 6.12. The number of carbonyl (C=O) groups is 3. The zero-order valence-electron chi connectivity index (χ0n) is 24.7. The summed E-state index contributed by atoms with van der Waals surface area (Å²) in [5.74, 6) is -0.918. The molecule has 9 nitrogen and oxygen atoms in total. The minimum Gasteiger partial charge on any atom is -0.478 e. The van der Waals surface area contributed by atoms with E-state index in [1.165, 1.54) is 30.9 Å². The summed E-state index contributed by atoms with van der Waals surface area (Å²) in [6.07, 6.45) is 8.36. The predicted molar refractivity (Wildman–Crippen MR) is 170 cm³/mol. The van der Waals surface area contributed by atoms with E-state index in [1.807, 2.05) is 37.4 Å². The van der Waals surface area contributed by atoms with Crippen molar-refractivity contribution in [2.24, 2.45) is 7.05 Å². The Kier molecular flexibility index (Phi) is 8.34. The molecule has 0 radical (unpaired) electrons. The van der Waals surface area contributed by atoms with Crippen molar-refractivity contribution >= 4 is 46.3 Å². The Hall–Kier alpha value is -4.92. The number of nitrogens with one attached hydrogen (secondary N) is 2. The summed E-state index contributed by atoms with van der Waals surface area (Å²) >= 11 is 0. The molecule has 2 aromatic heterocycles. The number of amides is 2. The lowest BCUT2D eigenvalue weighted by molar-refractivity contribution is -0.131. The maximum absolute atomic E-state index is 13.5. The number of aryl methyl sites for hydroxylation is 1. The highest BCUT2D eigenvalue weighted by molar-refractivity contribution is 6.05. The molecule has 5 rings (SSSR count).